The zero-order chi connectivity index (χ0) is 23.7. The molecule has 2 amide bonds. The van der Waals surface area contributed by atoms with Crippen molar-refractivity contribution in [1.82, 2.24) is 16.1 Å². The molecular weight excluding hydrogens is 418 g/mol. The molecule has 0 spiro atoms. The van der Waals surface area contributed by atoms with Crippen molar-refractivity contribution in [2.24, 2.45) is 5.92 Å². The molecule has 1 heterocycles. The summed E-state index contributed by atoms with van der Waals surface area (Å²) in [5.41, 5.74) is 4.13. The Morgan fingerprint density at radius 1 is 1.21 bits per heavy atom. The topological polar surface area (TPSA) is 88.7 Å². The van der Waals surface area contributed by atoms with Gasteiger partial charge in [0.25, 0.3) is 0 Å². The summed E-state index contributed by atoms with van der Waals surface area (Å²) in [5.74, 6) is -0.0698. The summed E-state index contributed by atoms with van der Waals surface area (Å²) in [6.45, 7) is 8.86. The molecular formula is C26H37N3O4. The fourth-order valence-electron chi connectivity index (χ4n) is 4.70. The SMILES string of the molecule is C=C1CC(OC(=O)C(CCC)(CCCC)c2ccccc2)C1CCNC(=O)NC1C=CON1. The summed E-state index contributed by atoms with van der Waals surface area (Å²) < 4.78 is 6.14. The van der Waals surface area contributed by atoms with Gasteiger partial charge in [-0.2, -0.15) is 0 Å². The summed E-state index contributed by atoms with van der Waals surface area (Å²) in [6, 6.07) is 9.77. The second-order valence-corrected chi connectivity index (χ2v) is 8.95. The van der Waals surface area contributed by atoms with E-state index in [0.717, 1.165) is 43.2 Å². The maximum Gasteiger partial charge on any atom is 0.316 e. The summed E-state index contributed by atoms with van der Waals surface area (Å²) in [5, 5.41) is 5.58. The number of hydrogen-bond acceptors (Lipinski definition) is 5. The van der Waals surface area contributed by atoms with E-state index in [2.05, 4.69) is 36.5 Å². The predicted molar refractivity (Wildman–Crippen MR) is 128 cm³/mol. The van der Waals surface area contributed by atoms with E-state index in [1.165, 1.54) is 6.26 Å². The molecule has 0 bridgehead atoms. The molecule has 1 aromatic rings. The van der Waals surface area contributed by atoms with Gasteiger partial charge in [0, 0.05) is 18.9 Å². The molecule has 1 saturated carbocycles. The van der Waals surface area contributed by atoms with Crippen LogP contribution in [0.15, 0.2) is 54.8 Å². The molecule has 180 valence electrons. The van der Waals surface area contributed by atoms with Gasteiger partial charge in [0.1, 0.15) is 18.5 Å². The summed E-state index contributed by atoms with van der Waals surface area (Å²) in [6.07, 6.45) is 8.47. The zero-order valence-electron chi connectivity index (χ0n) is 19.8. The van der Waals surface area contributed by atoms with Gasteiger partial charge < -0.3 is 20.2 Å². The molecule has 7 heteroatoms. The smallest absolute Gasteiger partial charge is 0.316 e. The summed E-state index contributed by atoms with van der Waals surface area (Å²) in [7, 11) is 0. The third kappa shape index (κ3) is 6.16. The van der Waals surface area contributed by atoms with Gasteiger partial charge in [-0.1, -0.05) is 75.6 Å². The zero-order valence-corrected chi connectivity index (χ0v) is 19.8. The minimum Gasteiger partial charge on any atom is -0.461 e. The van der Waals surface area contributed by atoms with Crippen molar-refractivity contribution in [2.45, 2.75) is 76.5 Å². The van der Waals surface area contributed by atoms with Crippen LogP contribution in [-0.2, 0) is 19.8 Å². The highest BCUT2D eigenvalue weighted by molar-refractivity contribution is 5.83. The van der Waals surface area contributed by atoms with Crippen molar-refractivity contribution < 1.29 is 19.2 Å². The van der Waals surface area contributed by atoms with Crippen LogP contribution in [0.5, 0.6) is 0 Å². The summed E-state index contributed by atoms with van der Waals surface area (Å²) in [4.78, 5) is 30.5. The molecule has 33 heavy (non-hydrogen) atoms. The Labute approximate surface area is 196 Å². The van der Waals surface area contributed by atoms with Crippen molar-refractivity contribution in [3.63, 3.8) is 0 Å². The lowest BCUT2D eigenvalue weighted by Gasteiger charge is -2.41. The number of ether oxygens (including phenoxy) is 1. The van der Waals surface area contributed by atoms with Crippen LogP contribution in [0.2, 0.25) is 0 Å². The number of hydrogen-bond donors (Lipinski definition) is 3. The number of rotatable bonds is 12. The van der Waals surface area contributed by atoms with Crippen LogP contribution < -0.4 is 16.1 Å². The molecule has 4 unspecified atom stereocenters. The lowest BCUT2D eigenvalue weighted by atomic mass is 9.72. The molecule has 1 aromatic carbocycles. The second kappa shape index (κ2) is 11.9. The van der Waals surface area contributed by atoms with E-state index in [-0.39, 0.29) is 30.2 Å². The highest BCUT2D eigenvalue weighted by atomic mass is 16.6. The van der Waals surface area contributed by atoms with E-state index in [0.29, 0.717) is 19.4 Å². The van der Waals surface area contributed by atoms with Crippen molar-refractivity contribution in [3.05, 3.63) is 60.4 Å². The number of benzene rings is 1. The maximum atomic E-state index is 13.6. The minimum absolute atomic E-state index is 0.0587. The molecule has 1 fully saturated rings. The largest absolute Gasteiger partial charge is 0.461 e. The molecule has 2 aliphatic rings. The number of nitrogens with one attached hydrogen (secondary N) is 3. The number of unbranched alkanes of at least 4 members (excludes halogenated alkanes) is 1. The molecule has 0 saturated heterocycles. The van der Waals surface area contributed by atoms with Crippen LogP contribution in [0.1, 0.15) is 64.4 Å². The number of urea groups is 1. The molecule has 3 rings (SSSR count). The molecule has 0 aromatic heterocycles. The van der Waals surface area contributed by atoms with Crippen LogP contribution in [0.3, 0.4) is 0 Å². The second-order valence-electron chi connectivity index (χ2n) is 8.95. The number of esters is 1. The first-order valence-corrected chi connectivity index (χ1v) is 12.1. The van der Waals surface area contributed by atoms with Crippen LogP contribution in [-0.4, -0.2) is 30.8 Å². The Morgan fingerprint density at radius 3 is 2.64 bits per heavy atom. The molecule has 1 aliphatic heterocycles. The normalized spacial score (nSPS) is 23.2. The number of amides is 2. The van der Waals surface area contributed by atoms with Gasteiger partial charge in [-0.15, -0.1) is 5.48 Å². The quantitative estimate of drug-likeness (QED) is 0.320. The first kappa shape index (κ1) is 24.8. The van der Waals surface area contributed by atoms with E-state index >= 15 is 0 Å². The van der Waals surface area contributed by atoms with Crippen LogP contribution in [0.4, 0.5) is 4.79 Å². The molecule has 3 N–H and O–H groups in total. The van der Waals surface area contributed by atoms with Gasteiger partial charge in [0.15, 0.2) is 0 Å². The number of hydroxylamine groups is 1. The van der Waals surface area contributed by atoms with Crippen molar-refractivity contribution in [2.75, 3.05) is 6.54 Å². The Kier molecular flexibility index (Phi) is 8.95. The van der Waals surface area contributed by atoms with Crippen LogP contribution >= 0.6 is 0 Å². The molecule has 4 atom stereocenters. The number of carbonyl (C=O) groups is 2. The lowest BCUT2D eigenvalue weighted by molar-refractivity contribution is -0.162. The monoisotopic (exact) mass is 455 g/mol. The average Bonchev–Trinajstić information content (AvgIpc) is 3.32. The molecule has 1 aliphatic carbocycles. The van der Waals surface area contributed by atoms with E-state index in [9.17, 15) is 9.59 Å². The third-order valence-corrected chi connectivity index (χ3v) is 6.61. The maximum absolute atomic E-state index is 13.6. The fourth-order valence-corrected chi connectivity index (χ4v) is 4.70. The Morgan fingerprint density at radius 2 is 2.00 bits per heavy atom. The van der Waals surface area contributed by atoms with E-state index in [1.54, 1.807) is 6.08 Å². The first-order valence-electron chi connectivity index (χ1n) is 12.1. The van der Waals surface area contributed by atoms with Crippen molar-refractivity contribution in [1.29, 1.82) is 0 Å². The average molecular weight is 456 g/mol. The van der Waals surface area contributed by atoms with Gasteiger partial charge in [-0.05, 0) is 30.9 Å². The minimum atomic E-state index is -0.616. The van der Waals surface area contributed by atoms with Gasteiger partial charge in [0.2, 0.25) is 0 Å². The third-order valence-electron chi connectivity index (χ3n) is 6.61. The van der Waals surface area contributed by atoms with Crippen LogP contribution in [0.25, 0.3) is 0 Å². The molecule has 0 radical (unpaired) electrons. The Balaban J connectivity index is 1.59. The molecule has 7 nitrogen and oxygen atoms in total. The highest BCUT2D eigenvalue weighted by Crippen LogP contribution is 2.42. The van der Waals surface area contributed by atoms with E-state index in [4.69, 9.17) is 9.57 Å². The van der Waals surface area contributed by atoms with Gasteiger partial charge in [-0.25, -0.2) is 4.79 Å². The van der Waals surface area contributed by atoms with Gasteiger partial charge in [0.05, 0.1) is 5.41 Å². The van der Waals surface area contributed by atoms with E-state index < -0.39 is 5.41 Å². The predicted octanol–water partition coefficient (Wildman–Crippen LogP) is 4.47. The lowest BCUT2D eigenvalue weighted by Crippen LogP contribution is -2.48. The van der Waals surface area contributed by atoms with Crippen molar-refractivity contribution in [3.8, 4) is 0 Å². The standard InChI is InChI=1S/C26H37N3O4/c1-4-6-15-26(14-5-2,20-10-8-7-9-11-20)24(30)33-22-18-19(3)21(22)12-16-27-25(31)28-23-13-17-32-29-23/h7-11,13,17,21-23,29H,3-6,12,14-16,18H2,1-2H3,(H2,27,28,31). The van der Waals surface area contributed by atoms with Crippen LogP contribution in [0, 0.1) is 5.92 Å². The Hall–Kier alpha value is -2.80. The highest BCUT2D eigenvalue weighted by Gasteiger charge is 2.45. The summed E-state index contributed by atoms with van der Waals surface area (Å²) >= 11 is 0. The van der Waals surface area contributed by atoms with E-state index in [1.807, 2.05) is 30.3 Å². The van der Waals surface area contributed by atoms with Gasteiger partial charge >= 0.3 is 12.0 Å². The van der Waals surface area contributed by atoms with Crippen molar-refractivity contribution >= 4 is 12.0 Å². The Bertz CT molecular complexity index is 841. The fraction of sp³-hybridized carbons (Fsp3) is 0.538. The van der Waals surface area contributed by atoms with Gasteiger partial charge in [-0.3, -0.25) is 4.79 Å². The first-order chi connectivity index (χ1) is 16.0. The number of carbonyl (C=O) groups excluding carboxylic acids is 2.